The number of fused-ring (bicyclic) bond motifs is 3. The molecule has 8 heteroatoms. The third-order valence-electron chi connectivity index (χ3n) is 5.72. The molecule has 2 aliphatic rings. The van der Waals surface area contributed by atoms with Crippen molar-refractivity contribution >= 4 is 17.6 Å². The van der Waals surface area contributed by atoms with Crippen LogP contribution in [0.1, 0.15) is 39.9 Å². The highest BCUT2D eigenvalue weighted by Gasteiger charge is 2.37. The highest BCUT2D eigenvalue weighted by Crippen LogP contribution is 2.41. The minimum Gasteiger partial charge on any atom is -0.493 e. The van der Waals surface area contributed by atoms with Crippen LogP contribution in [0.15, 0.2) is 46.4 Å². The van der Waals surface area contributed by atoms with E-state index in [1.165, 1.54) is 0 Å². The van der Waals surface area contributed by atoms with Crippen LogP contribution in [0, 0.1) is 0 Å². The van der Waals surface area contributed by atoms with Gasteiger partial charge in [-0.25, -0.2) is 0 Å². The number of rotatable bonds is 5. The van der Waals surface area contributed by atoms with Gasteiger partial charge in [-0.2, -0.15) is 4.99 Å². The molecule has 0 spiro atoms. The summed E-state index contributed by atoms with van der Waals surface area (Å²) in [4.78, 5) is 22.9. The average molecular weight is 437 g/mol. The van der Waals surface area contributed by atoms with Gasteiger partial charge in [0.15, 0.2) is 17.5 Å². The van der Waals surface area contributed by atoms with Crippen LogP contribution in [0.4, 0.5) is 0 Å². The van der Waals surface area contributed by atoms with Crippen LogP contribution in [-0.2, 0) is 4.74 Å². The maximum absolute atomic E-state index is 12.4. The normalized spacial score (nSPS) is 19.6. The number of aliphatic imine (C=N–C) groups is 2. The van der Waals surface area contributed by atoms with E-state index >= 15 is 0 Å². The monoisotopic (exact) mass is 436 g/mol. The molecule has 2 atom stereocenters. The topological polar surface area (TPSA) is 98.7 Å². The summed E-state index contributed by atoms with van der Waals surface area (Å²) in [7, 11) is 5.10. The van der Waals surface area contributed by atoms with Crippen LogP contribution in [0.3, 0.4) is 0 Å². The fourth-order valence-corrected chi connectivity index (χ4v) is 3.99. The molecule has 1 fully saturated rings. The molecular formula is C24H28N4O4. The molecule has 2 N–H and O–H groups in total. The van der Waals surface area contributed by atoms with Crippen LogP contribution < -0.4 is 15.2 Å². The van der Waals surface area contributed by atoms with Crippen molar-refractivity contribution in [3.05, 3.63) is 58.7 Å². The van der Waals surface area contributed by atoms with E-state index in [9.17, 15) is 4.79 Å². The molecule has 0 aliphatic carbocycles. The molecule has 0 aromatic heterocycles. The first-order valence-corrected chi connectivity index (χ1v) is 10.6. The smallest absolute Gasteiger partial charge is 0.280 e. The summed E-state index contributed by atoms with van der Waals surface area (Å²) < 4.78 is 17.1. The summed E-state index contributed by atoms with van der Waals surface area (Å²) in [5, 5.41) is 0. The van der Waals surface area contributed by atoms with Crippen molar-refractivity contribution in [3.8, 4) is 11.5 Å². The van der Waals surface area contributed by atoms with Gasteiger partial charge in [-0.15, -0.1) is 0 Å². The van der Waals surface area contributed by atoms with Crippen LogP contribution >= 0.6 is 0 Å². The van der Waals surface area contributed by atoms with E-state index < -0.39 is 0 Å². The van der Waals surface area contributed by atoms with Crippen molar-refractivity contribution in [2.24, 2.45) is 15.7 Å². The van der Waals surface area contributed by atoms with Gasteiger partial charge in [0.05, 0.1) is 38.7 Å². The van der Waals surface area contributed by atoms with Gasteiger partial charge in [-0.1, -0.05) is 12.1 Å². The Balaban J connectivity index is 1.73. The second-order valence-electron chi connectivity index (χ2n) is 7.96. The van der Waals surface area contributed by atoms with Gasteiger partial charge in [-0.05, 0) is 36.8 Å². The molecule has 2 aliphatic heterocycles. The number of methoxy groups -OCH3 is 1. The van der Waals surface area contributed by atoms with Gasteiger partial charge in [-0.3, -0.25) is 9.79 Å². The number of carbonyl (C=O) groups is 1. The van der Waals surface area contributed by atoms with E-state index in [0.29, 0.717) is 31.1 Å². The number of nitrogens with two attached hydrogens (primary N) is 1. The summed E-state index contributed by atoms with van der Waals surface area (Å²) in [6.07, 6.45) is 0. The number of ether oxygens (including phenoxy) is 3. The van der Waals surface area contributed by atoms with Crippen LogP contribution in [0.2, 0.25) is 0 Å². The maximum Gasteiger partial charge on any atom is 0.280 e. The first kappa shape index (κ1) is 21.8. The van der Waals surface area contributed by atoms with Crippen molar-refractivity contribution in [2.75, 3.05) is 41.0 Å². The number of nitrogens with zero attached hydrogens (tertiary/aromatic N) is 3. The van der Waals surface area contributed by atoms with Gasteiger partial charge in [0, 0.05) is 36.7 Å². The Hall–Kier alpha value is -3.39. The molecule has 0 unspecified atom stereocenters. The standard InChI is InChI=1S/C24H28N4O4/c1-5-32-21-10-16-17(11-20(21)30-4)22(26-19-13-31-12-18(16)19)14-6-8-15(9-7-14)23(29)27-24(25)28(2)3/h6-11,18-19H,5,12-13H2,1-4H3,(H2,25,27,29)/t18-,19-/m1/s1. The number of carbonyl (C=O) groups excluding carboxylic acids is 1. The van der Waals surface area contributed by atoms with Gasteiger partial charge >= 0.3 is 0 Å². The zero-order valence-electron chi connectivity index (χ0n) is 18.8. The molecule has 0 saturated carbocycles. The molecule has 8 nitrogen and oxygen atoms in total. The zero-order chi connectivity index (χ0) is 22.8. The summed E-state index contributed by atoms with van der Waals surface area (Å²) in [5.74, 6) is 1.34. The van der Waals surface area contributed by atoms with E-state index in [1.54, 1.807) is 38.2 Å². The predicted molar refractivity (Wildman–Crippen MR) is 123 cm³/mol. The number of hydrogen-bond acceptors (Lipinski definition) is 5. The lowest BCUT2D eigenvalue weighted by Gasteiger charge is -2.27. The minimum atomic E-state index is -0.388. The van der Waals surface area contributed by atoms with Crippen molar-refractivity contribution in [1.29, 1.82) is 0 Å². The SMILES string of the molecule is CCOc1cc2c(cc1OC)C(c1ccc(C(=O)N=C(N)N(C)C)cc1)=N[C@@H]1COC[C@H]21. The molecule has 2 aromatic carbocycles. The first-order chi connectivity index (χ1) is 15.4. The van der Waals surface area contributed by atoms with Gasteiger partial charge in [0.1, 0.15) is 0 Å². The molecular weight excluding hydrogens is 408 g/mol. The van der Waals surface area contributed by atoms with E-state index in [1.807, 2.05) is 25.1 Å². The number of guanidine groups is 1. The number of hydrogen-bond donors (Lipinski definition) is 1. The Morgan fingerprint density at radius 3 is 2.62 bits per heavy atom. The van der Waals surface area contributed by atoms with E-state index in [4.69, 9.17) is 24.9 Å². The van der Waals surface area contributed by atoms with Gasteiger partial charge < -0.3 is 24.8 Å². The third-order valence-corrected chi connectivity index (χ3v) is 5.72. The molecule has 168 valence electrons. The summed E-state index contributed by atoms with van der Waals surface area (Å²) >= 11 is 0. The molecule has 1 amide bonds. The molecule has 2 aromatic rings. The Morgan fingerprint density at radius 2 is 1.97 bits per heavy atom. The predicted octanol–water partition coefficient (Wildman–Crippen LogP) is 2.44. The number of amides is 1. The molecule has 4 rings (SSSR count). The average Bonchev–Trinajstić information content (AvgIpc) is 3.27. The lowest BCUT2D eigenvalue weighted by molar-refractivity contribution is 0.100. The largest absolute Gasteiger partial charge is 0.493 e. The summed E-state index contributed by atoms with van der Waals surface area (Å²) in [6.45, 7) is 3.72. The Kier molecular flexibility index (Phi) is 6.14. The zero-order valence-corrected chi connectivity index (χ0v) is 18.8. The van der Waals surface area contributed by atoms with E-state index in [0.717, 1.165) is 28.2 Å². The summed E-state index contributed by atoms with van der Waals surface area (Å²) in [5.41, 5.74) is 10.1. The molecule has 0 bridgehead atoms. The third kappa shape index (κ3) is 4.05. The van der Waals surface area contributed by atoms with E-state index in [-0.39, 0.29) is 23.8 Å². The molecule has 1 saturated heterocycles. The molecule has 0 radical (unpaired) electrons. The second kappa shape index (κ2) is 9.00. The minimum absolute atomic E-state index is 0.0474. The van der Waals surface area contributed by atoms with Gasteiger partial charge in [0.25, 0.3) is 5.91 Å². The maximum atomic E-state index is 12.4. The van der Waals surface area contributed by atoms with Crippen LogP contribution in [0.25, 0.3) is 0 Å². The fourth-order valence-electron chi connectivity index (χ4n) is 3.99. The van der Waals surface area contributed by atoms with Crippen LogP contribution in [0.5, 0.6) is 11.5 Å². The Morgan fingerprint density at radius 1 is 1.22 bits per heavy atom. The highest BCUT2D eigenvalue weighted by atomic mass is 16.5. The van der Waals surface area contributed by atoms with Crippen molar-refractivity contribution < 1.29 is 19.0 Å². The van der Waals surface area contributed by atoms with Crippen molar-refractivity contribution in [3.63, 3.8) is 0 Å². The number of benzene rings is 2. The second-order valence-corrected chi connectivity index (χ2v) is 7.96. The Labute approximate surface area is 187 Å². The van der Waals surface area contributed by atoms with Crippen molar-refractivity contribution in [1.82, 2.24) is 4.90 Å². The van der Waals surface area contributed by atoms with Gasteiger partial charge in [0.2, 0.25) is 0 Å². The Bertz CT molecular complexity index is 1080. The van der Waals surface area contributed by atoms with Crippen molar-refractivity contribution in [2.45, 2.75) is 18.9 Å². The fraction of sp³-hybridized carbons (Fsp3) is 0.375. The lowest BCUT2D eigenvalue weighted by atomic mass is 9.83. The highest BCUT2D eigenvalue weighted by molar-refractivity contribution is 6.15. The summed E-state index contributed by atoms with van der Waals surface area (Å²) in [6, 6.07) is 11.3. The molecule has 32 heavy (non-hydrogen) atoms. The lowest BCUT2D eigenvalue weighted by Crippen LogP contribution is -2.31. The molecule has 2 heterocycles. The first-order valence-electron chi connectivity index (χ1n) is 10.6. The van der Waals surface area contributed by atoms with E-state index in [2.05, 4.69) is 11.1 Å². The quantitative estimate of drug-likeness (QED) is 0.571. The van der Waals surface area contributed by atoms with Crippen LogP contribution in [-0.4, -0.2) is 69.5 Å².